The molecule has 0 unspecified atom stereocenters. The normalized spacial score (nSPS) is 14.3. The van der Waals surface area contributed by atoms with E-state index in [1.165, 1.54) is 5.57 Å². The van der Waals surface area contributed by atoms with Gasteiger partial charge in [-0.25, -0.2) is 14.5 Å². The summed E-state index contributed by atoms with van der Waals surface area (Å²) in [5, 5.41) is 4.62. The maximum atomic E-state index is 4.82. The summed E-state index contributed by atoms with van der Waals surface area (Å²) in [6, 6.07) is 0. The summed E-state index contributed by atoms with van der Waals surface area (Å²) in [7, 11) is 2.06. The van der Waals surface area contributed by atoms with Crippen LogP contribution in [0.5, 0.6) is 0 Å². The van der Waals surface area contributed by atoms with Gasteiger partial charge in [-0.15, -0.1) is 0 Å². The highest BCUT2D eigenvalue weighted by atomic mass is 15.3. The maximum absolute atomic E-state index is 4.82. The first-order valence-corrected chi connectivity index (χ1v) is 8.68. The molecule has 1 aliphatic carbocycles. The highest BCUT2D eigenvalue weighted by molar-refractivity contribution is 5.65. The molecule has 0 saturated heterocycles. The van der Waals surface area contributed by atoms with Crippen molar-refractivity contribution >= 4 is 11.2 Å². The lowest BCUT2D eigenvalue weighted by Gasteiger charge is -2.04. The SMILES string of the molecule is Cc1ncc(C)n2nc(CCc3nc(C4=CC=CCC4)cn3C)nc12. The smallest absolute Gasteiger partial charge is 0.177 e. The molecule has 1 aliphatic rings. The fourth-order valence-corrected chi connectivity index (χ4v) is 3.17. The monoisotopic (exact) mass is 334 g/mol. The van der Waals surface area contributed by atoms with Gasteiger partial charge in [-0.3, -0.25) is 4.98 Å². The number of aromatic nitrogens is 6. The van der Waals surface area contributed by atoms with Crippen LogP contribution in [0.1, 0.15) is 41.6 Å². The second kappa shape index (κ2) is 6.27. The van der Waals surface area contributed by atoms with Crippen LogP contribution < -0.4 is 0 Å². The summed E-state index contributed by atoms with van der Waals surface area (Å²) in [5.74, 6) is 1.90. The fourth-order valence-electron chi connectivity index (χ4n) is 3.17. The van der Waals surface area contributed by atoms with Gasteiger partial charge in [0.1, 0.15) is 5.82 Å². The highest BCUT2D eigenvalue weighted by Crippen LogP contribution is 2.23. The molecule has 0 fully saturated rings. The highest BCUT2D eigenvalue weighted by Gasteiger charge is 2.13. The Balaban J connectivity index is 1.55. The minimum atomic E-state index is 0.768. The molecule has 0 bridgehead atoms. The van der Waals surface area contributed by atoms with E-state index in [-0.39, 0.29) is 0 Å². The Kier molecular flexibility index (Phi) is 3.95. The third-order valence-corrected chi connectivity index (χ3v) is 4.64. The minimum absolute atomic E-state index is 0.768. The first kappa shape index (κ1) is 15.7. The van der Waals surface area contributed by atoms with Crippen molar-refractivity contribution < 1.29 is 0 Å². The van der Waals surface area contributed by atoms with Crippen molar-refractivity contribution in [3.8, 4) is 0 Å². The third kappa shape index (κ3) is 2.99. The van der Waals surface area contributed by atoms with Crippen molar-refractivity contribution in [2.24, 2.45) is 7.05 Å². The second-order valence-electron chi connectivity index (χ2n) is 6.56. The molecule has 128 valence electrons. The van der Waals surface area contributed by atoms with Crippen LogP contribution in [0.3, 0.4) is 0 Å². The number of hydrogen-bond donors (Lipinski definition) is 0. The Bertz CT molecular complexity index is 950. The average molecular weight is 334 g/mol. The number of allylic oxidation sites excluding steroid dienone is 4. The largest absolute Gasteiger partial charge is 0.337 e. The second-order valence-corrected chi connectivity index (χ2v) is 6.56. The van der Waals surface area contributed by atoms with Crippen molar-refractivity contribution in [1.29, 1.82) is 0 Å². The van der Waals surface area contributed by atoms with Crippen LogP contribution in [0.2, 0.25) is 0 Å². The van der Waals surface area contributed by atoms with Crippen LogP contribution in [0.25, 0.3) is 11.2 Å². The lowest BCUT2D eigenvalue weighted by Crippen LogP contribution is -2.01. The molecule has 0 atom stereocenters. The standard InChI is InChI=1S/C19H22N6/c1-13-11-20-14(2)19-22-17(23-25(13)19)9-10-18-21-16(12-24(18)3)15-7-5-4-6-8-15/h4-5,7,11-12H,6,8-10H2,1-3H3. The molecule has 3 heterocycles. The minimum Gasteiger partial charge on any atom is -0.337 e. The van der Waals surface area contributed by atoms with Gasteiger partial charge >= 0.3 is 0 Å². The van der Waals surface area contributed by atoms with E-state index < -0.39 is 0 Å². The molecule has 0 radical (unpaired) electrons. The molecule has 0 aliphatic heterocycles. The topological polar surface area (TPSA) is 60.9 Å². The number of fused-ring (bicyclic) bond motifs is 1. The molecule has 0 spiro atoms. The maximum Gasteiger partial charge on any atom is 0.177 e. The van der Waals surface area contributed by atoms with Crippen molar-refractivity contribution in [3.05, 3.63) is 59.4 Å². The van der Waals surface area contributed by atoms with E-state index in [9.17, 15) is 0 Å². The Morgan fingerprint density at radius 1 is 1.16 bits per heavy atom. The predicted molar refractivity (Wildman–Crippen MR) is 97.2 cm³/mol. The zero-order valence-corrected chi connectivity index (χ0v) is 14.9. The first-order valence-electron chi connectivity index (χ1n) is 8.68. The van der Waals surface area contributed by atoms with Crippen LogP contribution in [-0.2, 0) is 19.9 Å². The van der Waals surface area contributed by atoms with Crippen molar-refractivity contribution in [2.75, 3.05) is 0 Å². The van der Waals surface area contributed by atoms with Crippen LogP contribution in [0.15, 0.2) is 30.6 Å². The van der Waals surface area contributed by atoms with E-state index in [1.54, 1.807) is 0 Å². The summed E-state index contributed by atoms with van der Waals surface area (Å²) in [4.78, 5) is 13.8. The van der Waals surface area contributed by atoms with Gasteiger partial charge in [0.15, 0.2) is 11.5 Å². The van der Waals surface area contributed by atoms with Crippen molar-refractivity contribution in [2.45, 2.75) is 39.5 Å². The van der Waals surface area contributed by atoms with Gasteiger partial charge in [0.2, 0.25) is 0 Å². The van der Waals surface area contributed by atoms with E-state index in [4.69, 9.17) is 4.98 Å². The number of nitrogens with zero attached hydrogens (tertiary/aromatic N) is 6. The number of aryl methyl sites for hydroxylation is 5. The van der Waals surface area contributed by atoms with Crippen molar-refractivity contribution in [3.63, 3.8) is 0 Å². The molecule has 0 saturated carbocycles. The van der Waals surface area contributed by atoms with Crippen LogP contribution in [0, 0.1) is 13.8 Å². The molecule has 0 aromatic carbocycles. The van der Waals surface area contributed by atoms with Gasteiger partial charge in [-0.2, -0.15) is 5.10 Å². The number of imidazole rings is 1. The van der Waals surface area contributed by atoms with Gasteiger partial charge in [-0.05, 0) is 32.3 Å². The molecule has 25 heavy (non-hydrogen) atoms. The summed E-state index contributed by atoms with van der Waals surface area (Å²) in [5.41, 5.74) is 5.14. The van der Waals surface area contributed by atoms with E-state index in [1.807, 2.05) is 24.6 Å². The summed E-state index contributed by atoms with van der Waals surface area (Å²) in [6.45, 7) is 3.96. The Morgan fingerprint density at radius 3 is 2.80 bits per heavy atom. The lowest BCUT2D eigenvalue weighted by molar-refractivity contribution is 0.742. The third-order valence-electron chi connectivity index (χ3n) is 4.64. The molecule has 6 heteroatoms. The van der Waals surface area contributed by atoms with E-state index >= 15 is 0 Å². The van der Waals surface area contributed by atoms with Gasteiger partial charge in [-0.1, -0.05) is 18.2 Å². The Hall–Kier alpha value is -2.76. The molecule has 4 rings (SSSR count). The molecular weight excluding hydrogens is 312 g/mol. The van der Waals surface area contributed by atoms with Crippen molar-refractivity contribution in [1.82, 2.24) is 29.1 Å². The molecule has 6 nitrogen and oxygen atoms in total. The number of hydrogen-bond acceptors (Lipinski definition) is 4. The predicted octanol–water partition coefficient (Wildman–Crippen LogP) is 2.99. The van der Waals surface area contributed by atoms with E-state index in [2.05, 4.69) is 51.1 Å². The van der Waals surface area contributed by atoms with Gasteiger partial charge in [0, 0.05) is 32.3 Å². The van der Waals surface area contributed by atoms with Gasteiger partial charge < -0.3 is 4.57 Å². The molecule has 0 N–H and O–H groups in total. The molecule has 0 amide bonds. The Labute approximate surface area is 147 Å². The summed E-state index contributed by atoms with van der Waals surface area (Å²) in [6.07, 6.45) is 14.2. The first-order chi connectivity index (χ1) is 12.1. The zero-order valence-electron chi connectivity index (χ0n) is 14.9. The van der Waals surface area contributed by atoms with E-state index in [0.717, 1.165) is 60.1 Å². The lowest BCUT2D eigenvalue weighted by atomic mass is 10.0. The summed E-state index contributed by atoms with van der Waals surface area (Å²) < 4.78 is 3.99. The van der Waals surface area contributed by atoms with Crippen LogP contribution in [-0.4, -0.2) is 29.1 Å². The molecule has 3 aromatic rings. The average Bonchev–Trinajstić information content (AvgIpc) is 3.22. The quantitative estimate of drug-likeness (QED) is 0.736. The van der Waals surface area contributed by atoms with Gasteiger partial charge in [0.25, 0.3) is 0 Å². The van der Waals surface area contributed by atoms with Gasteiger partial charge in [0.05, 0.1) is 17.1 Å². The molecule has 3 aromatic heterocycles. The number of rotatable bonds is 4. The fraction of sp³-hybridized carbons (Fsp3) is 0.368. The zero-order chi connectivity index (χ0) is 17.4. The Morgan fingerprint density at radius 2 is 2.04 bits per heavy atom. The van der Waals surface area contributed by atoms with Crippen LogP contribution in [0.4, 0.5) is 0 Å². The molecular formula is C19H22N6. The van der Waals surface area contributed by atoms with E-state index in [0.29, 0.717) is 0 Å². The van der Waals surface area contributed by atoms with Crippen LogP contribution >= 0.6 is 0 Å². The summed E-state index contributed by atoms with van der Waals surface area (Å²) >= 11 is 0.